The Morgan fingerprint density at radius 3 is 2.30 bits per heavy atom. The topological polar surface area (TPSA) is 125 Å². The van der Waals surface area contributed by atoms with E-state index in [9.17, 15) is 28.0 Å². The highest BCUT2D eigenvalue weighted by Gasteiger charge is 2.63. The Kier molecular flexibility index (Phi) is 10.0. The maximum atomic E-state index is 15.6. The molecule has 4 amide bonds. The number of anilines is 1. The number of nitrogens with one attached hydrogen (secondary N) is 3. The van der Waals surface area contributed by atoms with Gasteiger partial charge in [0.05, 0.1) is 5.69 Å². The Bertz CT molecular complexity index is 1490. The van der Waals surface area contributed by atoms with Crippen LogP contribution in [0.5, 0.6) is 0 Å². The van der Waals surface area contributed by atoms with Gasteiger partial charge in [0, 0.05) is 56.4 Å². The van der Waals surface area contributed by atoms with E-state index in [1.165, 1.54) is 23.2 Å². The smallest absolute Gasteiger partial charge is 0.270 e. The molecule has 3 atom stereocenters. The minimum absolute atomic E-state index is 0.0796. The molecule has 3 aliphatic rings. The van der Waals surface area contributed by atoms with Crippen LogP contribution in [0.1, 0.15) is 94.6 Å². The molecule has 0 unspecified atom stereocenters. The molecule has 3 N–H and O–H groups in total. The van der Waals surface area contributed by atoms with Crippen LogP contribution < -0.4 is 16.0 Å². The molecule has 1 spiro atoms. The van der Waals surface area contributed by atoms with Crippen LogP contribution in [-0.2, 0) is 20.9 Å². The molecule has 47 heavy (non-hydrogen) atoms. The number of aromatic nitrogens is 2. The Hall–Kier alpha value is -3.90. The van der Waals surface area contributed by atoms with E-state index in [2.05, 4.69) is 28.0 Å². The SMILES string of the molecule is CCC(=O)N[C@@H](C(=O)N1CC2(C1)CC(F)(F)C2)[C@@H](C)c1ccc(NC(=O)[C@@H](NC(=O)c2ccnn2CC)C2CCC(C)CC2)c(F)c1. The second-order valence-corrected chi connectivity index (χ2v) is 13.8. The Labute approximate surface area is 273 Å². The number of alkyl halides is 2. The number of halogens is 3. The monoisotopic (exact) mass is 658 g/mol. The minimum atomic E-state index is -2.70. The quantitative estimate of drug-likeness (QED) is 0.318. The lowest BCUT2D eigenvalue weighted by Crippen LogP contribution is -2.69. The molecule has 1 aromatic carbocycles. The zero-order valence-electron chi connectivity index (χ0n) is 27.5. The van der Waals surface area contributed by atoms with E-state index in [4.69, 9.17) is 0 Å². The molecule has 256 valence electrons. The van der Waals surface area contributed by atoms with E-state index in [1.807, 2.05) is 6.92 Å². The van der Waals surface area contributed by atoms with E-state index in [1.54, 1.807) is 30.7 Å². The predicted molar refractivity (Wildman–Crippen MR) is 169 cm³/mol. The molecule has 5 rings (SSSR count). The van der Waals surface area contributed by atoms with Gasteiger partial charge in [-0.1, -0.05) is 39.7 Å². The standard InChI is InChI=1S/C34H45F3N6O4/c1-5-27(44)40-28(32(47)42-18-33(19-42)16-34(36,37)17-33)21(4)23-11-12-25(24(35)15-23)39-31(46)29(22-9-7-20(3)8-10-22)41-30(45)26-13-14-38-43(26)6-2/h11-15,20-22,28-29H,5-10,16-19H2,1-4H3,(H,39,46)(H,40,44)(H,41,45)/t20?,21-,22?,28+,29-/m0/s1. The summed E-state index contributed by atoms with van der Waals surface area (Å²) in [7, 11) is 0. The molecule has 2 aliphatic carbocycles. The minimum Gasteiger partial charge on any atom is -0.344 e. The molecule has 1 aromatic heterocycles. The number of benzene rings is 1. The average molecular weight is 659 g/mol. The highest BCUT2D eigenvalue weighted by Crippen LogP contribution is 2.56. The molecule has 0 bridgehead atoms. The van der Waals surface area contributed by atoms with E-state index in [0.29, 0.717) is 23.7 Å². The van der Waals surface area contributed by atoms with Crippen molar-refractivity contribution >= 4 is 29.3 Å². The van der Waals surface area contributed by atoms with Crippen LogP contribution >= 0.6 is 0 Å². The van der Waals surface area contributed by atoms with Crippen molar-refractivity contribution < 1.29 is 32.3 Å². The van der Waals surface area contributed by atoms with Crippen molar-refractivity contribution in [2.75, 3.05) is 18.4 Å². The van der Waals surface area contributed by atoms with Crippen molar-refractivity contribution in [3.8, 4) is 0 Å². The summed E-state index contributed by atoms with van der Waals surface area (Å²) in [6.45, 7) is 8.23. The number of amides is 4. The Morgan fingerprint density at radius 1 is 1.02 bits per heavy atom. The number of hydrogen-bond donors (Lipinski definition) is 3. The Morgan fingerprint density at radius 2 is 1.70 bits per heavy atom. The highest BCUT2D eigenvalue weighted by atomic mass is 19.3. The average Bonchev–Trinajstić information content (AvgIpc) is 3.50. The van der Waals surface area contributed by atoms with Gasteiger partial charge in [-0.2, -0.15) is 5.10 Å². The maximum absolute atomic E-state index is 15.6. The first-order valence-corrected chi connectivity index (χ1v) is 16.6. The summed E-state index contributed by atoms with van der Waals surface area (Å²) < 4.78 is 44.2. The van der Waals surface area contributed by atoms with E-state index < -0.39 is 52.9 Å². The fraction of sp³-hybridized carbons (Fsp3) is 0.618. The number of hydrogen-bond acceptors (Lipinski definition) is 5. The van der Waals surface area contributed by atoms with Gasteiger partial charge in [0.2, 0.25) is 23.6 Å². The van der Waals surface area contributed by atoms with Gasteiger partial charge in [0.1, 0.15) is 23.6 Å². The van der Waals surface area contributed by atoms with Gasteiger partial charge in [-0.25, -0.2) is 13.2 Å². The first-order valence-electron chi connectivity index (χ1n) is 16.6. The second kappa shape index (κ2) is 13.7. The fourth-order valence-corrected chi connectivity index (χ4v) is 7.39. The van der Waals surface area contributed by atoms with Crippen LogP contribution in [0.4, 0.5) is 18.9 Å². The van der Waals surface area contributed by atoms with Crippen LogP contribution in [-0.4, -0.2) is 69.4 Å². The third-order valence-electron chi connectivity index (χ3n) is 10.2. The van der Waals surface area contributed by atoms with Crippen molar-refractivity contribution in [3.05, 3.63) is 47.5 Å². The van der Waals surface area contributed by atoms with E-state index in [-0.39, 0.29) is 49.9 Å². The first kappa shape index (κ1) is 34.4. The van der Waals surface area contributed by atoms with E-state index in [0.717, 1.165) is 25.7 Å². The van der Waals surface area contributed by atoms with Crippen molar-refractivity contribution in [1.82, 2.24) is 25.3 Å². The lowest BCUT2D eigenvalue weighted by molar-refractivity contribution is -0.215. The first-order chi connectivity index (χ1) is 22.2. The lowest BCUT2D eigenvalue weighted by Gasteiger charge is -2.59. The number of carbonyl (C=O) groups is 4. The molecule has 1 saturated heterocycles. The molecule has 2 saturated carbocycles. The number of nitrogens with zero attached hydrogens (tertiary/aromatic N) is 3. The van der Waals surface area contributed by atoms with Gasteiger partial charge in [-0.05, 0) is 55.4 Å². The van der Waals surface area contributed by atoms with Crippen molar-refractivity contribution in [3.63, 3.8) is 0 Å². The van der Waals surface area contributed by atoms with Crippen molar-refractivity contribution in [2.24, 2.45) is 17.3 Å². The molecule has 13 heteroatoms. The maximum Gasteiger partial charge on any atom is 0.270 e. The second-order valence-electron chi connectivity index (χ2n) is 13.8. The van der Waals surface area contributed by atoms with Gasteiger partial charge in [-0.3, -0.25) is 23.9 Å². The summed E-state index contributed by atoms with van der Waals surface area (Å²) in [5.74, 6) is -5.43. The molecule has 0 radical (unpaired) electrons. The van der Waals surface area contributed by atoms with Crippen LogP contribution in [0.2, 0.25) is 0 Å². The summed E-state index contributed by atoms with van der Waals surface area (Å²) in [5, 5.41) is 12.4. The summed E-state index contributed by atoms with van der Waals surface area (Å²) in [6.07, 6.45) is 4.46. The third-order valence-corrected chi connectivity index (χ3v) is 10.2. The van der Waals surface area contributed by atoms with Gasteiger partial charge in [0.25, 0.3) is 5.91 Å². The lowest BCUT2D eigenvalue weighted by atomic mass is 9.61. The zero-order valence-corrected chi connectivity index (χ0v) is 27.5. The Balaban J connectivity index is 1.30. The molecule has 2 heterocycles. The highest BCUT2D eigenvalue weighted by molar-refractivity contribution is 6.00. The molecule has 1 aliphatic heterocycles. The van der Waals surface area contributed by atoms with Gasteiger partial charge in [0.15, 0.2) is 0 Å². The van der Waals surface area contributed by atoms with Crippen LogP contribution in [0.25, 0.3) is 0 Å². The zero-order chi connectivity index (χ0) is 34.1. The number of aryl methyl sites for hydroxylation is 1. The summed E-state index contributed by atoms with van der Waals surface area (Å²) >= 11 is 0. The van der Waals surface area contributed by atoms with Crippen molar-refractivity contribution in [2.45, 2.75) is 103 Å². The van der Waals surface area contributed by atoms with Crippen molar-refractivity contribution in [1.29, 1.82) is 0 Å². The molecule has 2 aromatic rings. The van der Waals surface area contributed by atoms with Gasteiger partial charge < -0.3 is 20.9 Å². The number of carbonyl (C=O) groups excluding carboxylic acids is 4. The predicted octanol–water partition coefficient (Wildman–Crippen LogP) is 4.86. The summed E-state index contributed by atoms with van der Waals surface area (Å²) in [6, 6.07) is 3.88. The largest absolute Gasteiger partial charge is 0.344 e. The fourth-order valence-electron chi connectivity index (χ4n) is 7.39. The summed E-state index contributed by atoms with van der Waals surface area (Å²) in [5.41, 5.74) is 0.0962. The van der Waals surface area contributed by atoms with Gasteiger partial charge in [-0.15, -0.1) is 0 Å². The number of rotatable bonds is 11. The third kappa shape index (κ3) is 7.49. The van der Waals surface area contributed by atoms with Crippen LogP contribution in [0, 0.1) is 23.1 Å². The molecule has 3 fully saturated rings. The van der Waals surface area contributed by atoms with E-state index >= 15 is 4.39 Å². The molecular weight excluding hydrogens is 613 g/mol. The summed E-state index contributed by atoms with van der Waals surface area (Å²) in [4.78, 5) is 54.2. The molecular formula is C34H45F3N6O4. The van der Waals surface area contributed by atoms with Crippen LogP contribution in [0.15, 0.2) is 30.5 Å². The van der Waals surface area contributed by atoms with Crippen LogP contribution in [0.3, 0.4) is 0 Å². The normalized spacial score (nSPS) is 23.1. The van der Waals surface area contributed by atoms with Gasteiger partial charge >= 0.3 is 0 Å². The molecule has 10 nitrogen and oxygen atoms in total. The number of likely N-dealkylation sites (tertiary alicyclic amines) is 1.